The summed E-state index contributed by atoms with van der Waals surface area (Å²) in [7, 11) is 0. The van der Waals surface area contributed by atoms with E-state index in [1.54, 1.807) is 0 Å². The Morgan fingerprint density at radius 2 is 1.89 bits per heavy atom. The van der Waals surface area contributed by atoms with Crippen molar-refractivity contribution in [1.29, 1.82) is 0 Å². The summed E-state index contributed by atoms with van der Waals surface area (Å²) in [6.45, 7) is 9.28. The number of amides is 1. The van der Waals surface area contributed by atoms with E-state index in [1.807, 2.05) is 24.3 Å². The number of hydrogen-bond donors (Lipinski definition) is 2. The summed E-state index contributed by atoms with van der Waals surface area (Å²) in [6.07, 6.45) is 0. The summed E-state index contributed by atoms with van der Waals surface area (Å²) in [6, 6.07) is 8.01. The van der Waals surface area contributed by atoms with Crippen LogP contribution in [0, 0.1) is 10.8 Å². The minimum atomic E-state index is -0.00315. The van der Waals surface area contributed by atoms with Crippen LogP contribution in [0.4, 0.5) is 5.69 Å². The van der Waals surface area contributed by atoms with E-state index in [1.165, 1.54) is 0 Å². The van der Waals surface area contributed by atoms with Crippen molar-refractivity contribution in [2.45, 2.75) is 33.7 Å². The van der Waals surface area contributed by atoms with Gasteiger partial charge < -0.3 is 10.6 Å². The van der Waals surface area contributed by atoms with Crippen molar-refractivity contribution in [3.8, 4) is 0 Å². The number of carbonyl (C=O) groups excluding carboxylic acids is 1. The average Bonchev–Trinajstić information content (AvgIpc) is 2.66. The molecule has 0 aromatic heterocycles. The molecule has 1 aliphatic rings. The summed E-state index contributed by atoms with van der Waals surface area (Å²) in [5.74, 6) is -0.00315. The fourth-order valence-corrected chi connectivity index (χ4v) is 3.07. The SMILES string of the molecule is CC1(C)C(NCC(=O)Nc2cccc(Br)c2)C1(C)C. The molecule has 0 radical (unpaired) electrons. The molecule has 0 bridgehead atoms. The third-order valence-electron chi connectivity index (χ3n) is 4.60. The highest BCUT2D eigenvalue weighted by Gasteiger charge is 2.64. The van der Waals surface area contributed by atoms with Crippen LogP contribution < -0.4 is 10.6 Å². The first-order valence-electron chi connectivity index (χ1n) is 6.54. The summed E-state index contributed by atoms with van der Waals surface area (Å²) < 4.78 is 0.961. The molecular weight excluding hydrogens is 304 g/mol. The van der Waals surface area contributed by atoms with Crippen LogP contribution in [0.5, 0.6) is 0 Å². The highest BCUT2D eigenvalue weighted by Crippen LogP contribution is 2.62. The van der Waals surface area contributed by atoms with Crippen molar-refractivity contribution in [3.05, 3.63) is 28.7 Å². The van der Waals surface area contributed by atoms with E-state index in [2.05, 4.69) is 54.3 Å². The second-order valence-corrected chi connectivity index (χ2v) is 7.23. The van der Waals surface area contributed by atoms with E-state index in [-0.39, 0.29) is 16.7 Å². The summed E-state index contributed by atoms with van der Waals surface area (Å²) >= 11 is 3.39. The van der Waals surface area contributed by atoms with Gasteiger partial charge in [-0.05, 0) is 29.0 Å². The molecule has 2 rings (SSSR count). The zero-order valence-electron chi connectivity index (χ0n) is 11.9. The van der Waals surface area contributed by atoms with Gasteiger partial charge in [-0.1, -0.05) is 49.7 Å². The molecule has 104 valence electrons. The van der Waals surface area contributed by atoms with Crippen molar-refractivity contribution in [1.82, 2.24) is 5.32 Å². The first-order valence-corrected chi connectivity index (χ1v) is 7.33. The van der Waals surface area contributed by atoms with E-state index in [0.29, 0.717) is 12.6 Å². The van der Waals surface area contributed by atoms with E-state index < -0.39 is 0 Å². The lowest BCUT2D eigenvalue weighted by Crippen LogP contribution is -2.32. The second kappa shape index (κ2) is 4.91. The van der Waals surface area contributed by atoms with Crippen molar-refractivity contribution >= 4 is 27.5 Å². The smallest absolute Gasteiger partial charge is 0.238 e. The maximum atomic E-state index is 11.9. The Kier molecular flexibility index (Phi) is 3.76. The lowest BCUT2D eigenvalue weighted by molar-refractivity contribution is -0.115. The molecule has 0 atom stereocenters. The Hall–Kier alpha value is -0.870. The lowest BCUT2D eigenvalue weighted by Gasteiger charge is -2.08. The van der Waals surface area contributed by atoms with Crippen LogP contribution in [-0.2, 0) is 4.79 Å². The maximum absolute atomic E-state index is 11.9. The topological polar surface area (TPSA) is 41.1 Å². The summed E-state index contributed by atoms with van der Waals surface area (Å²) in [5, 5.41) is 6.24. The third kappa shape index (κ3) is 2.84. The van der Waals surface area contributed by atoms with Crippen LogP contribution in [0.3, 0.4) is 0 Å². The van der Waals surface area contributed by atoms with Gasteiger partial charge in [-0.15, -0.1) is 0 Å². The molecule has 1 fully saturated rings. The molecule has 0 unspecified atom stereocenters. The summed E-state index contributed by atoms with van der Waals surface area (Å²) in [5.41, 5.74) is 1.32. The molecule has 1 amide bonds. The molecule has 1 saturated carbocycles. The molecule has 0 aliphatic heterocycles. The molecule has 2 N–H and O–H groups in total. The Bertz CT molecular complexity index is 483. The van der Waals surface area contributed by atoms with Crippen LogP contribution in [0.15, 0.2) is 28.7 Å². The van der Waals surface area contributed by atoms with Crippen LogP contribution in [0.2, 0.25) is 0 Å². The van der Waals surface area contributed by atoms with Crippen LogP contribution in [0.1, 0.15) is 27.7 Å². The number of nitrogens with one attached hydrogen (secondary N) is 2. The fraction of sp³-hybridized carbons (Fsp3) is 0.533. The van der Waals surface area contributed by atoms with Gasteiger partial charge in [-0.25, -0.2) is 0 Å². The quantitative estimate of drug-likeness (QED) is 0.891. The van der Waals surface area contributed by atoms with Gasteiger partial charge in [0.05, 0.1) is 6.54 Å². The van der Waals surface area contributed by atoms with Gasteiger partial charge in [0.15, 0.2) is 0 Å². The number of benzene rings is 1. The maximum Gasteiger partial charge on any atom is 0.238 e. The lowest BCUT2D eigenvalue weighted by atomic mass is 10.0. The van der Waals surface area contributed by atoms with Gasteiger partial charge in [0, 0.05) is 16.2 Å². The minimum absolute atomic E-state index is 0.00315. The highest BCUT2D eigenvalue weighted by atomic mass is 79.9. The number of rotatable bonds is 4. The highest BCUT2D eigenvalue weighted by molar-refractivity contribution is 9.10. The molecular formula is C15H21BrN2O. The first-order chi connectivity index (χ1) is 8.75. The number of anilines is 1. The van der Waals surface area contributed by atoms with Gasteiger partial charge >= 0.3 is 0 Å². The van der Waals surface area contributed by atoms with Crippen LogP contribution in [-0.4, -0.2) is 18.5 Å². The van der Waals surface area contributed by atoms with E-state index in [4.69, 9.17) is 0 Å². The Balaban J connectivity index is 1.84. The first kappa shape index (κ1) is 14.5. The molecule has 0 saturated heterocycles. The number of carbonyl (C=O) groups is 1. The Morgan fingerprint density at radius 3 is 2.42 bits per heavy atom. The van der Waals surface area contributed by atoms with Gasteiger partial charge in [-0.2, -0.15) is 0 Å². The Morgan fingerprint density at radius 1 is 1.26 bits per heavy atom. The minimum Gasteiger partial charge on any atom is -0.325 e. The van der Waals surface area contributed by atoms with Gasteiger partial charge in [-0.3, -0.25) is 4.79 Å². The molecule has 4 heteroatoms. The molecule has 0 heterocycles. The van der Waals surface area contributed by atoms with E-state index in [9.17, 15) is 4.79 Å². The molecule has 3 nitrogen and oxygen atoms in total. The van der Waals surface area contributed by atoms with Crippen molar-refractivity contribution in [2.75, 3.05) is 11.9 Å². The fourth-order valence-electron chi connectivity index (χ4n) is 2.67. The standard InChI is InChI=1S/C15H21BrN2O/c1-14(2)13(15(14,3)4)17-9-12(19)18-11-7-5-6-10(16)8-11/h5-8,13,17H,9H2,1-4H3,(H,18,19). The van der Waals surface area contributed by atoms with Crippen LogP contribution in [0.25, 0.3) is 0 Å². The van der Waals surface area contributed by atoms with Gasteiger partial charge in [0.2, 0.25) is 5.91 Å². The summed E-state index contributed by atoms with van der Waals surface area (Å²) in [4.78, 5) is 11.9. The predicted molar refractivity (Wildman–Crippen MR) is 82.1 cm³/mol. The third-order valence-corrected chi connectivity index (χ3v) is 5.09. The Labute approximate surface area is 123 Å². The molecule has 1 aromatic carbocycles. The predicted octanol–water partition coefficient (Wildman–Crippen LogP) is 3.41. The molecule has 19 heavy (non-hydrogen) atoms. The van der Waals surface area contributed by atoms with E-state index >= 15 is 0 Å². The van der Waals surface area contributed by atoms with Crippen molar-refractivity contribution in [2.24, 2.45) is 10.8 Å². The molecule has 1 aliphatic carbocycles. The van der Waals surface area contributed by atoms with Crippen molar-refractivity contribution < 1.29 is 4.79 Å². The van der Waals surface area contributed by atoms with Gasteiger partial charge in [0.1, 0.15) is 0 Å². The molecule has 1 aromatic rings. The number of hydrogen-bond acceptors (Lipinski definition) is 2. The van der Waals surface area contributed by atoms with Crippen LogP contribution >= 0.6 is 15.9 Å². The zero-order chi connectivity index (χ0) is 14.3. The van der Waals surface area contributed by atoms with Crippen molar-refractivity contribution in [3.63, 3.8) is 0 Å². The monoisotopic (exact) mass is 324 g/mol. The zero-order valence-corrected chi connectivity index (χ0v) is 13.5. The van der Waals surface area contributed by atoms with Gasteiger partial charge in [0.25, 0.3) is 0 Å². The van der Waals surface area contributed by atoms with E-state index in [0.717, 1.165) is 10.2 Å². The molecule has 0 spiro atoms. The largest absolute Gasteiger partial charge is 0.325 e. The normalized spacial score (nSPS) is 20.1. The average molecular weight is 325 g/mol. The second-order valence-electron chi connectivity index (χ2n) is 6.32. The number of halogens is 1.